The van der Waals surface area contributed by atoms with Gasteiger partial charge in [-0.3, -0.25) is 9.80 Å². The fraction of sp³-hybridized carbons (Fsp3) is 0.583. The third kappa shape index (κ3) is 10.6. The van der Waals surface area contributed by atoms with Gasteiger partial charge in [0.1, 0.15) is 17.3 Å². The molecule has 9 nitrogen and oxygen atoms in total. The van der Waals surface area contributed by atoms with E-state index in [0.717, 1.165) is 50.1 Å². The average Bonchev–Trinajstić information content (AvgIpc) is 3.49. The smallest absolute Gasteiger partial charge is 0.475 e. The van der Waals surface area contributed by atoms with E-state index in [0.29, 0.717) is 18.1 Å². The minimum atomic E-state index is -5.08. The SMILES string of the molecule is Cc1ccc(CN2C[C@@H]3CCCO[C@@H]3[C@H](N(C)Cc3ccco3)C2)o1.O=C(O)C(F)(F)F.O=C(O)C(F)(F)F. The zero-order valence-corrected chi connectivity index (χ0v) is 21.2. The van der Waals surface area contributed by atoms with Gasteiger partial charge in [-0.1, -0.05) is 0 Å². The Bertz CT molecular complexity index is 1010. The molecule has 2 N–H and O–H groups in total. The van der Waals surface area contributed by atoms with Gasteiger partial charge < -0.3 is 23.8 Å². The summed E-state index contributed by atoms with van der Waals surface area (Å²) >= 11 is 0. The second-order valence-corrected chi connectivity index (χ2v) is 9.11. The summed E-state index contributed by atoms with van der Waals surface area (Å²) in [6.45, 7) is 6.68. The first-order chi connectivity index (χ1) is 18.1. The van der Waals surface area contributed by atoms with Crippen LogP contribution in [0, 0.1) is 12.8 Å². The molecule has 39 heavy (non-hydrogen) atoms. The zero-order chi connectivity index (χ0) is 29.4. The van der Waals surface area contributed by atoms with Crippen LogP contribution in [0.3, 0.4) is 0 Å². The quantitative estimate of drug-likeness (QED) is 0.498. The lowest BCUT2D eigenvalue weighted by atomic mass is 9.84. The molecule has 0 aliphatic carbocycles. The van der Waals surface area contributed by atoms with E-state index in [1.165, 1.54) is 12.8 Å². The Morgan fingerprint density at radius 1 is 1.03 bits per heavy atom. The summed E-state index contributed by atoms with van der Waals surface area (Å²) in [7, 11) is 2.18. The number of carbonyl (C=O) groups is 2. The molecular weight excluding hydrogens is 542 g/mol. The molecule has 15 heteroatoms. The second kappa shape index (κ2) is 13.8. The van der Waals surface area contributed by atoms with E-state index < -0.39 is 24.3 Å². The van der Waals surface area contributed by atoms with Crippen LogP contribution in [0.5, 0.6) is 0 Å². The van der Waals surface area contributed by atoms with Crippen LogP contribution in [0.2, 0.25) is 0 Å². The third-order valence-electron chi connectivity index (χ3n) is 6.02. The monoisotopic (exact) mass is 572 g/mol. The van der Waals surface area contributed by atoms with Gasteiger partial charge in [-0.2, -0.15) is 26.3 Å². The van der Waals surface area contributed by atoms with Crippen molar-refractivity contribution in [3.05, 3.63) is 47.8 Å². The number of aliphatic carboxylic acids is 2. The molecule has 4 heterocycles. The molecule has 2 aliphatic heterocycles. The van der Waals surface area contributed by atoms with Crippen LogP contribution in [-0.4, -0.2) is 83.2 Å². The van der Waals surface area contributed by atoms with Crippen molar-refractivity contribution in [3.63, 3.8) is 0 Å². The molecule has 2 aromatic heterocycles. The normalized spacial score (nSPS) is 21.7. The molecule has 2 saturated heterocycles. The molecule has 0 amide bonds. The van der Waals surface area contributed by atoms with Crippen molar-refractivity contribution in [1.29, 1.82) is 0 Å². The fourth-order valence-corrected chi connectivity index (χ4v) is 4.34. The number of alkyl halides is 6. The average molecular weight is 572 g/mol. The Kier molecular flexibility index (Phi) is 11.4. The predicted molar refractivity (Wildman–Crippen MR) is 123 cm³/mol. The summed E-state index contributed by atoms with van der Waals surface area (Å²) in [5, 5.41) is 14.2. The molecular formula is C24H30F6N2O7. The van der Waals surface area contributed by atoms with Crippen LogP contribution < -0.4 is 0 Å². The number of hydrogen-bond donors (Lipinski definition) is 2. The maximum atomic E-state index is 10.6. The number of furan rings is 2. The lowest BCUT2D eigenvalue weighted by Gasteiger charge is -2.48. The minimum absolute atomic E-state index is 0.322. The van der Waals surface area contributed by atoms with Crippen LogP contribution in [0.1, 0.15) is 30.1 Å². The Morgan fingerprint density at radius 2 is 1.64 bits per heavy atom. The summed E-state index contributed by atoms with van der Waals surface area (Å²) in [5.41, 5.74) is 0. The summed E-state index contributed by atoms with van der Waals surface area (Å²) in [6, 6.07) is 8.52. The van der Waals surface area contributed by atoms with Crippen LogP contribution >= 0.6 is 0 Å². The Balaban J connectivity index is 0.000000317. The lowest BCUT2D eigenvalue weighted by Crippen LogP contribution is -2.59. The van der Waals surface area contributed by atoms with Crippen molar-refractivity contribution in [2.45, 2.75) is 57.4 Å². The van der Waals surface area contributed by atoms with Crippen LogP contribution in [0.4, 0.5) is 26.3 Å². The molecule has 0 spiro atoms. The van der Waals surface area contributed by atoms with Crippen molar-refractivity contribution in [2.75, 3.05) is 26.7 Å². The van der Waals surface area contributed by atoms with Crippen LogP contribution in [0.15, 0.2) is 39.4 Å². The number of rotatable bonds is 5. The minimum Gasteiger partial charge on any atom is -0.475 e. The first kappa shape index (κ1) is 32.2. The highest BCUT2D eigenvalue weighted by molar-refractivity contribution is 5.73. The van der Waals surface area contributed by atoms with Gasteiger partial charge in [0.25, 0.3) is 0 Å². The molecule has 0 saturated carbocycles. The van der Waals surface area contributed by atoms with E-state index in [1.807, 2.05) is 25.1 Å². The predicted octanol–water partition coefficient (Wildman–Crippen LogP) is 4.56. The van der Waals surface area contributed by atoms with Crippen molar-refractivity contribution < 1.29 is 59.7 Å². The first-order valence-electron chi connectivity index (χ1n) is 11.8. The fourth-order valence-electron chi connectivity index (χ4n) is 4.34. The third-order valence-corrected chi connectivity index (χ3v) is 6.02. The highest BCUT2D eigenvalue weighted by Gasteiger charge is 2.41. The topological polar surface area (TPSA) is 117 Å². The van der Waals surface area contributed by atoms with E-state index in [1.54, 1.807) is 6.26 Å². The highest BCUT2D eigenvalue weighted by Crippen LogP contribution is 2.32. The number of likely N-dealkylation sites (tertiary alicyclic amines) is 1. The summed E-state index contributed by atoms with van der Waals surface area (Å²) in [5.74, 6) is -1.87. The number of carboxylic acids is 2. The van der Waals surface area contributed by atoms with Crippen molar-refractivity contribution in [2.24, 2.45) is 5.92 Å². The van der Waals surface area contributed by atoms with E-state index in [2.05, 4.69) is 22.9 Å². The number of halogens is 6. The van der Waals surface area contributed by atoms with Crippen molar-refractivity contribution in [1.82, 2.24) is 9.80 Å². The Hall–Kier alpha value is -3.04. The van der Waals surface area contributed by atoms with Crippen molar-refractivity contribution in [3.8, 4) is 0 Å². The summed E-state index contributed by atoms with van der Waals surface area (Å²) in [4.78, 5) is 22.7. The van der Waals surface area contributed by atoms with E-state index in [4.69, 9.17) is 33.4 Å². The van der Waals surface area contributed by atoms with Gasteiger partial charge in [0.05, 0.1) is 25.5 Å². The van der Waals surface area contributed by atoms with E-state index in [9.17, 15) is 26.3 Å². The number of aryl methyl sites for hydroxylation is 1. The number of ether oxygens (including phenoxy) is 1. The Morgan fingerprint density at radius 3 is 2.13 bits per heavy atom. The van der Waals surface area contributed by atoms with Gasteiger partial charge in [-0.15, -0.1) is 0 Å². The molecule has 2 fully saturated rings. The zero-order valence-electron chi connectivity index (χ0n) is 21.2. The number of piperidine rings is 1. The van der Waals surface area contributed by atoms with Gasteiger partial charge in [0, 0.05) is 25.7 Å². The molecule has 0 radical (unpaired) electrons. The van der Waals surface area contributed by atoms with Crippen LogP contribution in [-0.2, 0) is 27.4 Å². The van der Waals surface area contributed by atoms with E-state index in [-0.39, 0.29) is 0 Å². The van der Waals surface area contributed by atoms with Gasteiger partial charge in [-0.25, -0.2) is 9.59 Å². The molecule has 0 unspecified atom stereocenters. The van der Waals surface area contributed by atoms with Crippen LogP contribution in [0.25, 0.3) is 0 Å². The number of hydrogen-bond acceptors (Lipinski definition) is 7. The molecule has 2 aromatic rings. The molecule has 4 rings (SSSR count). The lowest BCUT2D eigenvalue weighted by molar-refractivity contribution is -0.193. The Labute approximate surface area is 219 Å². The largest absolute Gasteiger partial charge is 0.490 e. The van der Waals surface area contributed by atoms with E-state index >= 15 is 0 Å². The molecule has 220 valence electrons. The van der Waals surface area contributed by atoms with Crippen molar-refractivity contribution >= 4 is 11.9 Å². The van der Waals surface area contributed by atoms with Gasteiger partial charge in [0.15, 0.2) is 0 Å². The number of nitrogens with zero attached hydrogens (tertiary/aromatic N) is 2. The maximum Gasteiger partial charge on any atom is 0.490 e. The maximum absolute atomic E-state index is 10.6. The number of fused-ring (bicyclic) bond motifs is 1. The second-order valence-electron chi connectivity index (χ2n) is 9.11. The highest BCUT2D eigenvalue weighted by atomic mass is 19.4. The van der Waals surface area contributed by atoms with Gasteiger partial charge >= 0.3 is 24.3 Å². The van der Waals surface area contributed by atoms with Gasteiger partial charge in [-0.05, 0) is 57.0 Å². The molecule has 0 aromatic carbocycles. The number of carboxylic acid groups (broad SMARTS) is 2. The summed E-state index contributed by atoms with van der Waals surface area (Å²) < 4.78 is 81.0. The summed E-state index contributed by atoms with van der Waals surface area (Å²) in [6.07, 6.45) is -5.68. The number of likely N-dealkylation sites (N-methyl/N-ethyl adjacent to an activating group) is 1. The molecule has 2 aliphatic rings. The first-order valence-corrected chi connectivity index (χ1v) is 11.8. The molecule has 3 atom stereocenters. The molecule has 0 bridgehead atoms. The standard InChI is InChI=1S/C20H28N2O3.2C2HF3O2/c1-15-7-8-18(25-15)13-22-11-16-5-3-10-24-20(16)19(14-22)21(2)12-17-6-4-9-23-17;2*3-2(4,5)1(6)7/h4,6-9,16,19-20H,3,5,10-14H2,1-2H3;2*(H,6,7)/t16-,19+,20-;;/m0../s1. The van der Waals surface area contributed by atoms with Gasteiger partial charge in [0.2, 0.25) is 0 Å².